The molecule has 1 fully saturated rings. The van der Waals surface area contributed by atoms with E-state index in [0.29, 0.717) is 12.0 Å². The lowest BCUT2D eigenvalue weighted by Gasteiger charge is -2.32. The predicted molar refractivity (Wildman–Crippen MR) is 104 cm³/mol. The van der Waals surface area contributed by atoms with Gasteiger partial charge in [0.25, 0.3) is 0 Å². The molecule has 0 bridgehead atoms. The average molecular weight is 376 g/mol. The summed E-state index contributed by atoms with van der Waals surface area (Å²) >= 11 is 0. The van der Waals surface area contributed by atoms with Crippen LogP contribution in [0.25, 0.3) is 0 Å². The minimum Gasteiger partial charge on any atom is -0.458 e. The van der Waals surface area contributed by atoms with Crippen molar-refractivity contribution in [2.24, 2.45) is 11.8 Å². The molecule has 0 amide bonds. The molecule has 150 valence electrons. The molecule has 2 rings (SSSR count). The molecule has 2 aliphatic rings. The van der Waals surface area contributed by atoms with Gasteiger partial charge in [-0.3, -0.25) is 4.79 Å². The zero-order valence-corrected chi connectivity index (χ0v) is 16.9. The number of esters is 2. The Morgan fingerprint density at radius 2 is 2.04 bits per heavy atom. The van der Waals surface area contributed by atoms with Gasteiger partial charge >= 0.3 is 11.9 Å². The van der Waals surface area contributed by atoms with E-state index in [9.17, 15) is 14.7 Å². The SMILES string of the molecule is C=C1C(=O)O[C@@H]2C1C[C@@H](O)/C(C)=C/C/C=C(\C)CCC[C@H](C)[C@H]2OC(C)=O. The van der Waals surface area contributed by atoms with Gasteiger partial charge in [-0.2, -0.15) is 0 Å². The maximum atomic E-state index is 12.2. The third kappa shape index (κ3) is 5.55. The Hall–Kier alpha value is -1.88. The van der Waals surface area contributed by atoms with E-state index >= 15 is 0 Å². The standard InChI is InChI=1S/C22H32O5/c1-13-8-6-10-14(2)19(24)12-18-16(4)22(25)27-21(18)20(26-17(5)23)15(3)11-7-9-13/h8,10,15,18-21,24H,4,6-7,9,11-12H2,1-3,5H3/b13-8+,14-10+/t15-,18?,19+,20+,21+/m0/s1. The number of aliphatic hydroxyl groups is 1. The Balaban J connectivity index is 2.36. The van der Waals surface area contributed by atoms with Crippen LogP contribution in [-0.4, -0.2) is 35.4 Å². The second-order valence-corrected chi connectivity index (χ2v) is 7.93. The van der Waals surface area contributed by atoms with Gasteiger partial charge in [0, 0.05) is 18.4 Å². The van der Waals surface area contributed by atoms with Gasteiger partial charge in [0.15, 0.2) is 0 Å². The summed E-state index contributed by atoms with van der Waals surface area (Å²) in [6, 6.07) is 0. The van der Waals surface area contributed by atoms with Crippen LogP contribution in [0.4, 0.5) is 0 Å². The highest BCUT2D eigenvalue weighted by atomic mass is 16.6. The van der Waals surface area contributed by atoms with Crippen LogP contribution in [0.2, 0.25) is 0 Å². The highest BCUT2D eigenvalue weighted by Crippen LogP contribution is 2.37. The van der Waals surface area contributed by atoms with Gasteiger partial charge in [-0.05, 0) is 57.4 Å². The largest absolute Gasteiger partial charge is 0.458 e. The van der Waals surface area contributed by atoms with Crippen LogP contribution in [-0.2, 0) is 19.1 Å². The molecule has 1 unspecified atom stereocenters. The van der Waals surface area contributed by atoms with Crippen molar-refractivity contribution in [1.82, 2.24) is 0 Å². The Kier molecular flexibility index (Phi) is 7.42. The number of carbonyl (C=O) groups excluding carboxylic acids is 2. The Labute approximate surface area is 162 Å². The van der Waals surface area contributed by atoms with E-state index in [2.05, 4.69) is 19.6 Å². The van der Waals surface area contributed by atoms with E-state index in [-0.39, 0.29) is 11.8 Å². The van der Waals surface area contributed by atoms with Crippen LogP contribution in [0.5, 0.6) is 0 Å². The third-order valence-corrected chi connectivity index (χ3v) is 5.68. The van der Waals surface area contributed by atoms with Crippen LogP contribution in [0, 0.1) is 11.8 Å². The Morgan fingerprint density at radius 1 is 1.33 bits per heavy atom. The van der Waals surface area contributed by atoms with Crippen molar-refractivity contribution >= 4 is 11.9 Å². The number of carbonyl (C=O) groups is 2. The molecule has 1 aliphatic carbocycles. The van der Waals surface area contributed by atoms with Crippen LogP contribution >= 0.6 is 0 Å². The number of rotatable bonds is 1. The molecule has 0 aromatic carbocycles. The summed E-state index contributed by atoms with van der Waals surface area (Å²) in [4.78, 5) is 23.9. The van der Waals surface area contributed by atoms with Crippen molar-refractivity contribution in [3.8, 4) is 0 Å². The summed E-state index contributed by atoms with van der Waals surface area (Å²) in [5.74, 6) is -1.20. The maximum absolute atomic E-state index is 12.2. The van der Waals surface area contributed by atoms with Gasteiger partial charge in [0.2, 0.25) is 0 Å². The lowest BCUT2D eigenvalue weighted by molar-refractivity contribution is -0.165. The molecule has 0 aromatic rings. The number of hydrogen-bond acceptors (Lipinski definition) is 5. The van der Waals surface area contributed by atoms with E-state index in [1.165, 1.54) is 12.5 Å². The predicted octanol–water partition coefficient (Wildman–Crippen LogP) is 3.87. The fourth-order valence-corrected chi connectivity index (χ4v) is 3.88. The van der Waals surface area contributed by atoms with Gasteiger partial charge < -0.3 is 14.6 Å². The molecule has 1 saturated heterocycles. The lowest BCUT2D eigenvalue weighted by Crippen LogP contribution is -2.41. The molecule has 1 heterocycles. The smallest absolute Gasteiger partial charge is 0.334 e. The van der Waals surface area contributed by atoms with E-state index in [4.69, 9.17) is 9.47 Å². The average Bonchev–Trinajstić information content (AvgIpc) is 2.86. The zero-order chi connectivity index (χ0) is 20.1. The normalized spacial score (nSPS) is 37.1. The van der Waals surface area contributed by atoms with Crippen LogP contribution in [0.3, 0.4) is 0 Å². The molecule has 0 saturated carbocycles. The summed E-state index contributed by atoms with van der Waals surface area (Å²) in [5.41, 5.74) is 2.51. The highest BCUT2D eigenvalue weighted by Gasteiger charge is 2.46. The molecule has 0 spiro atoms. The van der Waals surface area contributed by atoms with Crippen molar-refractivity contribution in [1.29, 1.82) is 0 Å². The van der Waals surface area contributed by atoms with Gasteiger partial charge in [-0.25, -0.2) is 4.79 Å². The number of ether oxygens (including phenoxy) is 2. The minimum absolute atomic E-state index is 0.0321. The summed E-state index contributed by atoms with van der Waals surface area (Å²) in [7, 11) is 0. The fourth-order valence-electron chi connectivity index (χ4n) is 3.88. The van der Waals surface area contributed by atoms with Crippen molar-refractivity contribution in [2.75, 3.05) is 0 Å². The van der Waals surface area contributed by atoms with E-state index < -0.39 is 30.3 Å². The van der Waals surface area contributed by atoms with Crippen molar-refractivity contribution in [3.05, 3.63) is 35.5 Å². The molecule has 1 N–H and O–H groups in total. The molecule has 5 nitrogen and oxygen atoms in total. The molecule has 27 heavy (non-hydrogen) atoms. The summed E-state index contributed by atoms with van der Waals surface area (Å²) in [6.07, 6.45) is 6.25. The van der Waals surface area contributed by atoms with Crippen molar-refractivity contribution in [2.45, 2.75) is 78.1 Å². The molecule has 5 heteroatoms. The number of aliphatic hydroxyl groups excluding tert-OH is 1. The molecular weight excluding hydrogens is 344 g/mol. The first-order chi connectivity index (χ1) is 12.7. The molecular formula is C22H32O5. The minimum atomic E-state index is -0.700. The second kappa shape index (κ2) is 9.36. The van der Waals surface area contributed by atoms with Gasteiger partial charge in [0.1, 0.15) is 12.2 Å². The van der Waals surface area contributed by atoms with Gasteiger partial charge in [-0.15, -0.1) is 0 Å². The first-order valence-corrected chi connectivity index (χ1v) is 9.78. The van der Waals surface area contributed by atoms with Crippen LogP contribution in [0.15, 0.2) is 35.5 Å². The summed E-state index contributed by atoms with van der Waals surface area (Å²) in [6.45, 7) is 11.3. The fraction of sp³-hybridized carbons (Fsp3) is 0.636. The number of fused-ring (bicyclic) bond motifs is 1. The first kappa shape index (κ1) is 21.4. The second-order valence-electron chi connectivity index (χ2n) is 7.93. The molecule has 5 atom stereocenters. The third-order valence-electron chi connectivity index (χ3n) is 5.68. The lowest BCUT2D eigenvalue weighted by atomic mass is 9.82. The van der Waals surface area contributed by atoms with Crippen LogP contribution < -0.4 is 0 Å². The summed E-state index contributed by atoms with van der Waals surface area (Å²) < 4.78 is 11.2. The van der Waals surface area contributed by atoms with E-state index in [0.717, 1.165) is 31.3 Å². The zero-order valence-electron chi connectivity index (χ0n) is 16.9. The maximum Gasteiger partial charge on any atom is 0.334 e. The molecule has 1 aliphatic heterocycles. The number of allylic oxidation sites excluding steroid dienone is 3. The van der Waals surface area contributed by atoms with Gasteiger partial charge in [0.05, 0.1) is 6.10 Å². The van der Waals surface area contributed by atoms with E-state index in [1.807, 2.05) is 19.9 Å². The summed E-state index contributed by atoms with van der Waals surface area (Å²) in [5, 5.41) is 10.6. The number of hydrogen-bond donors (Lipinski definition) is 1. The molecule has 0 aromatic heterocycles. The molecule has 0 radical (unpaired) electrons. The van der Waals surface area contributed by atoms with Crippen molar-refractivity contribution < 1.29 is 24.2 Å². The topological polar surface area (TPSA) is 72.8 Å². The van der Waals surface area contributed by atoms with Crippen LogP contribution in [0.1, 0.15) is 59.8 Å². The van der Waals surface area contributed by atoms with Crippen molar-refractivity contribution in [3.63, 3.8) is 0 Å². The monoisotopic (exact) mass is 376 g/mol. The highest BCUT2D eigenvalue weighted by molar-refractivity contribution is 5.91. The Morgan fingerprint density at radius 3 is 2.70 bits per heavy atom. The quantitative estimate of drug-likeness (QED) is 0.427. The first-order valence-electron chi connectivity index (χ1n) is 9.78. The van der Waals surface area contributed by atoms with Gasteiger partial charge in [-0.1, -0.05) is 31.2 Å². The Bertz CT molecular complexity index is 645. The van der Waals surface area contributed by atoms with E-state index in [1.54, 1.807) is 0 Å².